The van der Waals surface area contributed by atoms with Crippen molar-refractivity contribution < 1.29 is 14.3 Å². The fourth-order valence-corrected chi connectivity index (χ4v) is 4.09. The van der Waals surface area contributed by atoms with Gasteiger partial charge in [0, 0.05) is 13.1 Å². The molecule has 0 aromatic heterocycles. The zero-order valence-electron chi connectivity index (χ0n) is 15.1. The molecule has 3 rings (SSSR count). The average molecular weight is 342 g/mol. The molecule has 1 amide bonds. The molecule has 0 N–H and O–H groups in total. The van der Waals surface area contributed by atoms with Gasteiger partial charge in [-0.1, -0.05) is 19.3 Å². The average Bonchev–Trinajstić information content (AvgIpc) is 2.88. The molecule has 1 aromatic rings. The number of hydrogen-bond donors (Lipinski definition) is 0. The Morgan fingerprint density at radius 1 is 1.04 bits per heavy atom. The number of methoxy groups -OCH3 is 2. The molecule has 1 heterocycles. The third-order valence-electron chi connectivity index (χ3n) is 5.63. The number of nitrogens with zero attached hydrogens (tertiary/aromatic N) is 2. The van der Waals surface area contributed by atoms with E-state index in [0.717, 1.165) is 43.6 Å². The highest BCUT2D eigenvalue weighted by molar-refractivity contribution is 5.85. The Labute approximate surface area is 149 Å². The van der Waals surface area contributed by atoms with Crippen LogP contribution in [0.2, 0.25) is 0 Å². The highest BCUT2D eigenvalue weighted by Crippen LogP contribution is 2.38. The second kappa shape index (κ2) is 7.35. The van der Waals surface area contributed by atoms with Crippen LogP contribution in [0, 0.1) is 16.7 Å². The maximum Gasteiger partial charge on any atom is 0.243 e. The third-order valence-corrected chi connectivity index (χ3v) is 5.63. The summed E-state index contributed by atoms with van der Waals surface area (Å²) in [4.78, 5) is 15.0. The quantitative estimate of drug-likeness (QED) is 0.847. The fourth-order valence-electron chi connectivity index (χ4n) is 4.09. The van der Waals surface area contributed by atoms with E-state index in [1.807, 2.05) is 17.0 Å². The van der Waals surface area contributed by atoms with Gasteiger partial charge in [0.05, 0.1) is 20.3 Å². The summed E-state index contributed by atoms with van der Waals surface area (Å²) >= 11 is 0. The number of ether oxygens (including phenoxy) is 2. The first-order chi connectivity index (χ1) is 12.1. The van der Waals surface area contributed by atoms with Gasteiger partial charge in [0.1, 0.15) is 5.41 Å². The zero-order valence-corrected chi connectivity index (χ0v) is 15.1. The summed E-state index contributed by atoms with van der Waals surface area (Å²) in [6.45, 7) is 1.31. The van der Waals surface area contributed by atoms with E-state index in [1.54, 1.807) is 14.2 Å². The Bertz CT molecular complexity index is 652. The van der Waals surface area contributed by atoms with E-state index in [4.69, 9.17) is 9.47 Å². The lowest BCUT2D eigenvalue weighted by Gasteiger charge is -2.34. The summed E-state index contributed by atoms with van der Waals surface area (Å²) in [6, 6.07) is 6.39. The fraction of sp³-hybridized carbons (Fsp3) is 0.600. The van der Waals surface area contributed by atoms with E-state index in [0.29, 0.717) is 25.9 Å². The SMILES string of the molecule is COc1cc2c(cc1OC)CCN(C(=O)C1(C#N)CCCCC1)CC2. The number of fused-ring (bicyclic) bond motifs is 1. The summed E-state index contributed by atoms with van der Waals surface area (Å²) in [5, 5.41) is 9.69. The minimum atomic E-state index is -0.801. The molecule has 0 radical (unpaired) electrons. The predicted octanol–water partition coefficient (Wildman–Crippen LogP) is 3.11. The highest BCUT2D eigenvalue weighted by atomic mass is 16.5. The normalized spacial score (nSPS) is 19.3. The number of carbonyl (C=O) groups excluding carboxylic acids is 1. The molecular formula is C20H26N2O3. The summed E-state index contributed by atoms with van der Waals surface area (Å²) in [7, 11) is 3.27. The van der Waals surface area contributed by atoms with Crippen molar-refractivity contribution in [3.63, 3.8) is 0 Å². The topological polar surface area (TPSA) is 62.6 Å². The van der Waals surface area contributed by atoms with Crippen LogP contribution in [0.4, 0.5) is 0 Å². The lowest BCUT2D eigenvalue weighted by Crippen LogP contribution is -2.45. The van der Waals surface area contributed by atoms with Crippen LogP contribution in [0.1, 0.15) is 43.2 Å². The molecule has 0 spiro atoms. The van der Waals surface area contributed by atoms with Crippen molar-refractivity contribution in [1.29, 1.82) is 5.26 Å². The molecule has 134 valence electrons. The van der Waals surface area contributed by atoms with E-state index < -0.39 is 5.41 Å². The Kier molecular flexibility index (Phi) is 5.17. The largest absolute Gasteiger partial charge is 0.493 e. The summed E-state index contributed by atoms with van der Waals surface area (Å²) in [6.07, 6.45) is 6.04. The van der Waals surface area contributed by atoms with Crippen LogP contribution in [-0.4, -0.2) is 38.1 Å². The van der Waals surface area contributed by atoms with Crippen LogP contribution in [0.15, 0.2) is 12.1 Å². The number of carbonyl (C=O) groups is 1. The molecule has 0 bridgehead atoms. The number of nitriles is 1. The molecule has 25 heavy (non-hydrogen) atoms. The Morgan fingerprint density at radius 3 is 2.00 bits per heavy atom. The minimum absolute atomic E-state index is 0.0291. The second-order valence-corrected chi connectivity index (χ2v) is 7.02. The first kappa shape index (κ1) is 17.6. The molecule has 0 unspecified atom stereocenters. The van der Waals surface area contributed by atoms with Crippen molar-refractivity contribution in [2.75, 3.05) is 27.3 Å². The molecule has 1 aliphatic carbocycles. The van der Waals surface area contributed by atoms with Crippen molar-refractivity contribution in [2.45, 2.75) is 44.9 Å². The molecule has 2 aliphatic rings. The van der Waals surface area contributed by atoms with Crippen molar-refractivity contribution in [1.82, 2.24) is 4.90 Å². The van der Waals surface area contributed by atoms with E-state index in [-0.39, 0.29) is 5.91 Å². The van der Waals surface area contributed by atoms with Crippen molar-refractivity contribution in [3.8, 4) is 17.6 Å². The van der Waals surface area contributed by atoms with Gasteiger partial charge in [-0.05, 0) is 48.9 Å². The first-order valence-electron chi connectivity index (χ1n) is 9.08. The number of hydrogen-bond acceptors (Lipinski definition) is 4. The van der Waals surface area contributed by atoms with Gasteiger partial charge in [-0.2, -0.15) is 5.26 Å². The molecule has 0 atom stereocenters. The Morgan fingerprint density at radius 2 is 1.56 bits per heavy atom. The summed E-state index contributed by atoms with van der Waals surface area (Å²) in [5.74, 6) is 1.48. The molecule has 5 heteroatoms. The molecule has 5 nitrogen and oxygen atoms in total. The van der Waals surface area contributed by atoms with Crippen molar-refractivity contribution >= 4 is 5.91 Å². The van der Waals surface area contributed by atoms with Crippen LogP contribution in [-0.2, 0) is 17.6 Å². The van der Waals surface area contributed by atoms with Gasteiger partial charge in [-0.25, -0.2) is 0 Å². The van der Waals surface area contributed by atoms with Crippen LogP contribution < -0.4 is 9.47 Å². The number of benzene rings is 1. The summed E-state index contributed by atoms with van der Waals surface area (Å²) < 4.78 is 10.8. The molecule has 1 aromatic carbocycles. The van der Waals surface area contributed by atoms with E-state index >= 15 is 0 Å². The lowest BCUT2D eigenvalue weighted by atomic mass is 9.74. The van der Waals surface area contributed by atoms with E-state index in [1.165, 1.54) is 11.1 Å². The lowest BCUT2D eigenvalue weighted by molar-refractivity contribution is -0.140. The standard InChI is InChI=1S/C20H26N2O3/c1-24-17-12-15-6-10-22(11-7-16(15)13-18(17)25-2)19(23)20(14-21)8-4-3-5-9-20/h12-13H,3-11H2,1-2H3. The van der Waals surface area contributed by atoms with Gasteiger partial charge in [0.25, 0.3) is 0 Å². The van der Waals surface area contributed by atoms with E-state index in [9.17, 15) is 10.1 Å². The second-order valence-electron chi connectivity index (χ2n) is 7.02. The van der Waals surface area contributed by atoms with Crippen molar-refractivity contribution in [3.05, 3.63) is 23.3 Å². The van der Waals surface area contributed by atoms with Gasteiger partial charge >= 0.3 is 0 Å². The van der Waals surface area contributed by atoms with Gasteiger partial charge in [-0.3, -0.25) is 4.79 Å². The Hall–Kier alpha value is -2.22. The van der Waals surface area contributed by atoms with Crippen LogP contribution in [0.5, 0.6) is 11.5 Å². The first-order valence-corrected chi connectivity index (χ1v) is 9.08. The number of rotatable bonds is 3. The number of amides is 1. The monoisotopic (exact) mass is 342 g/mol. The van der Waals surface area contributed by atoms with Crippen LogP contribution >= 0.6 is 0 Å². The molecule has 1 fully saturated rings. The maximum atomic E-state index is 13.1. The van der Waals surface area contributed by atoms with E-state index in [2.05, 4.69) is 6.07 Å². The molecule has 1 saturated carbocycles. The smallest absolute Gasteiger partial charge is 0.243 e. The molecule has 1 aliphatic heterocycles. The molecular weight excluding hydrogens is 316 g/mol. The zero-order chi connectivity index (χ0) is 17.9. The van der Waals surface area contributed by atoms with Gasteiger partial charge < -0.3 is 14.4 Å². The third kappa shape index (κ3) is 3.30. The van der Waals surface area contributed by atoms with Gasteiger partial charge in [-0.15, -0.1) is 0 Å². The molecule has 0 saturated heterocycles. The van der Waals surface area contributed by atoms with Crippen molar-refractivity contribution in [2.24, 2.45) is 5.41 Å². The highest BCUT2D eigenvalue weighted by Gasteiger charge is 2.42. The van der Waals surface area contributed by atoms with Gasteiger partial charge in [0.15, 0.2) is 11.5 Å². The minimum Gasteiger partial charge on any atom is -0.493 e. The van der Waals surface area contributed by atoms with Crippen LogP contribution in [0.3, 0.4) is 0 Å². The van der Waals surface area contributed by atoms with Gasteiger partial charge in [0.2, 0.25) is 5.91 Å². The van der Waals surface area contributed by atoms with Crippen LogP contribution in [0.25, 0.3) is 0 Å². The summed E-state index contributed by atoms with van der Waals surface area (Å²) in [5.41, 5.74) is 1.59. The maximum absolute atomic E-state index is 13.1. The Balaban J connectivity index is 1.80. The predicted molar refractivity (Wildman–Crippen MR) is 94.7 cm³/mol.